The highest BCUT2D eigenvalue weighted by molar-refractivity contribution is 5.95. The number of hydrogen-bond acceptors (Lipinski definition) is 6. The number of carbonyl (C=O) groups excluding carboxylic acids is 1. The van der Waals surface area contributed by atoms with Crippen molar-refractivity contribution in [2.24, 2.45) is 0 Å². The fourth-order valence-electron chi connectivity index (χ4n) is 5.39. The van der Waals surface area contributed by atoms with Crippen LogP contribution < -0.4 is 4.74 Å². The van der Waals surface area contributed by atoms with Gasteiger partial charge in [0.2, 0.25) is 0 Å². The lowest BCUT2D eigenvalue weighted by atomic mass is 9.90. The Morgan fingerprint density at radius 3 is 2.81 bits per heavy atom. The normalized spacial score (nSPS) is 16.8. The average molecular weight is 481 g/mol. The van der Waals surface area contributed by atoms with E-state index in [9.17, 15) is 4.79 Å². The Kier molecular flexibility index (Phi) is 5.71. The van der Waals surface area contributed by atoms with Gasteiger partial charge in [0, 0.05) is 30.7 Å². The van der Waals surface area contributed by atoms with E-state index < -0.39 is 0 Å². The second kappa shape index (κ2) is 9.18. The smallest absolute Gasteiger partial charge is 0.257 e. The first-order valence-electron chi connectivity index (χ1n) is 12.4. The van der Waals surface area contributed by atoms with E-state index >= 15 is 0 Å². The van der Waals surface area contributed by atoms with Crippen LogP contribution in [0, 0.1) is 6.92 Å². The quantitative estimate of drug-likeness (QED) is 0.427. The number of fused-ring (bicyclic) bond motifs is 3. The maximum atomic E-state index is 13.7. The Bertz CT molecular complexity index is 1430. The SMILES string of the molecule is COc1ccc2c(c1)CCc1cnc(-n3ncc(C(=O)N4CCCC[C@@H]4c4cccnc4)c3C)nc1-2. The highest BCUT2D eigenvalue weighted by Crippen LogP contribution is 2.35. The molecule has 4 aromatic rings. The van der Waals surface area contributed by atoms with Gasteiger partial charge in [0.15, 0.2) is 0 Å². The molecule has 1 fully saturated rings. The minimum Gasteiger partial charge on any atom is -0.497 e. The third kappa shape index (κ3) is 3.82. The lowest BCUT2D eigenvalue weighted by Crippen LogP contribution is -2.38. The molecule has 4 heterocycles. The summed E-state index contributed by atoms with van der Waals surface area (Å²) in [7, 11) is 1.68. The van der Waals surface area contributed by atoms with Crippen LogP contribution in [0.2, 0.25) is 0 Å². The fraction of sp³-hybridized carbons (Fsp3) is 0.321. The van der Waals surface area contributed by atoms with Gasteiger partial charge in [-0.15, -0.1) is 0 Å². The minimum absolute atomic E-state index is 0.0114. The Labute approximate surface area is 210 Å². The molecule has 0 unspecified atom stereocenters. The molecule has 3 aromatic heterocycles. The largest absolute Gasteiger partial charge is 0.497 e. The van der Waals surface area contributed by atoms with E-state index in [1.54, 1.807) is 24.2 Å². The number of aryl methyl sites for hydroxylation is 2. The summed E-state index contributed by atoms with van der Waals surface area (Å²) < 4.78 is 7.08. The molecule has 8 nitrogen and oxygen atoms in total. The molecule has 182 valence electrons. The van der Waals surface area contributed by atoms with Crippen LogP contribution in [0.25, 0.3) is 17.2 Å². The van der Waals surface area contributed by atoms with Gasteiger partial charge in [0.25, 0.3) is 11.9 Å². The molecule has 0 bridgehead atoms. The second-order valence-electron chi connectivity index (χ2n) is 9.42. The number of nitrogens with zero attached hydrogens (tertiary/aromatic N) is 6. The number of aromatic nitrogens is 5. The first-order valence-corrected chi connectivity index (χ1v) is 12.4. The van der Waals surface area contributed by atoms with Crippen molar-refractivity contribution in [3.05, 3.63) is 83.1 Å². The highest BCUT2D eigenvalue weighted by atomic mass is 16.5. The molecule has 1 saturated heterocycles. The number of methoxy groups -OCH3 is 1. The van der Waals surface area contributed by atoms with Crippen molar-refractivity contribution in [2.75, 3.05) is 13.7 Å². The number of amides is 1. The van der Waals surface area contributed by atoms with Crippen LogP contribution in [0.1, 0.15) is 58.0 Å². The van der Waals surface area contributed by atoms with Crippen LogP contribution in [-0.4, -0.2) is 49.2 Å². The van der Waals surface area contributed by atoms with E-state index in [0.29, 0.717) is 11.5 Å². The van der Waals surface area contributed by atoms with Crippen LogP contribution in [0.15, 0.2) is 55.1 Å². The number of ether oxygens (including phenoxy) is 1. The van der Waals surface area contributed by atoms with E-state index in [0.717, 1.165) is 72.5 Å². The van der Waals surface area contributed by atoms with Crippen LogP contribution in [-0.2, 0) is 12.8 Å². The lowest BCUT2D eigenvalue weighted by Gasteiger charge is -2.35. The first-order chi connectivity index (χ1) is 17.6. The molecule has 2 aliphatic rings. The van der Waals surface area contributed by atoms with E-state index in [-0.39, 0.29) is 11.9 Å². The van der Waals surface area contributed by atoms with Crippen LogP contribution >= 0.6 is 0 Å². The average Bonchev–Trinajstić information content (AvgIpc) is 3.33. The lowest BCUT2D eigenvalue weighted by molar-refractivity contribution is 0.0610. The van der Waals surface area contributed by atoms with E-state index in [4.69, 9.17) is 9.72 Å². The summed E-state index contributed by atoms with van der Waals surface area (Å²) in [5.74, 6) is 1.30. The third-order valence-corrected chi connectivity index (χ3v) is 7.35. The van der Waals surface area contributed by atoms with Crippen molar-refractivity contribution in [1.29, 1.82) is 0 Å². The van der Waals surface area contributed by atoms with Crippen LogP contribution in [0.3, 0.4) is 0 Å². The summed E-state index contributed by atoms with van der Waals surface area (Å²) in [5, 5.41) is 4.54. The summed E-state index contributed by atoms with van der Waals surface area (Å²) in [4.78, 5) is 29.5. The number of pyridine rings is 1. The standard InChI is InChI=1S/C28H28N6O2/c1-18-24(27(35)33-13-4-3-7-25(33)20-6-5-12-29-15-20)17-31-34(18)28-30-16-21-9-8-19-14-22(36-2)10-11-23(19)26(21)32-28/h5-6,10-12,14-17,25H,3-4,7-9,13H2,1-2H3/t25-/m1/s1. The number of benzene rings is 1. The molecule has 6 rings (SSSR count). The van der Waals surface area contributed by atoms with Crippen molar-refractivity contribution in [2.45, 2.75) is 45.1 Å². The molecule has 0 spiro atoms. The summed E-state index contributed by atoms with van der Waals surface area (Å²) >= 11 is 0. The van der Waals surface area contributed by atoms with Crippen molar-refractivity contribution in [3.63, 3.8) is 0 Å². The van der Waals surface area contributed by atoms with Crippen LogP contribution in [0.4, 0.5) is 0 Å². The van der Waals surface area contributed by atoms with Gasteiger partial charge in [0.05, 0.1) is 36.3 Å². The zero-order valence-electron chi connectivity index (χ0n) is 20.5. The van der Waals surface area contributed by atoms with Gasteiger partial charge < -0.3 is 9.64 Å². The van der Waals surface area contributed by atoms with Gasteiger partial charge in [-0.05, 0) is 80.0 Å². The molecule has 8 heteroatoms. The van der Waals surface area contributed by atoms with Crippen molar-refractivity contribution in [3.8, 4) is 23.0 Å². The minimum atomic E-state index is -0.0114. The molecule has 1 aliphatic carbocycles. The van der Waals surface area contributed by atoms with Gasteiger partial charge in [-0.3, -0.25) is 9.78 Å². The van der Waals surface area contributed by atoms with E-state index in [2.05, 4.69) is 27.2 Å². The molecule has 1 amide bonds. The molecule has 1 aromatic carbocycles. The van der Waals surface area contributed by atoms with Gasteiger partial charge >= 0.3 is 0 Å². The summed E-state index contributed by atoms with van der Waals surface area (Å²) in [6, 6.07) is 10.1. The van der Waals surface area contributed by atoms with Crippen molar-refractivity contribution >= 4 is 5.91 Å². The van der Waals surface area contributed by atoms with E-state index in [1.807, 2.05) is 42.4 Å². The fourth-order valence-corrected chi connectivity index (χ4v) is 5.39. The molecule has 1 atom stereocenters. The number of hydrogen-bond donors (Lipinski definition) is 0. The number of rotatable bonds is 4. The van der Waals surface area contributed by atoms with Gasteiger partial charge in [-0.1, -0.05) is 6.07 Å². The predicted octanol–water partition coefficient (Wildman–Crippen LogP) is 4.51. The first kappa shape index (κ1) is 22.4. The molecule has 0 N–H and O–H groups in total. The van der Waals surface area contributed by atoms with Crippen molar-refractivity contribution < 1.29 is 9.53 Å². The van der Waals surface area contributed by atoms with E-state index in [1.165, 1.54) is 5.56 Å². The summed E-state index contributed by atoms with van der Waals surface area (Å²) in [6.07, 6.45) is 12.0. The monoisotopic (exact) mass is 480 g/mol. The van der Waals surface area contributed by atoms with Gasteiger partial charge in [0.1, 0.15) is 5.75 Å². The molecule has 0 saturated carbocycles. The predicted molar refractivity (Wildman–Crippen MR) is 135 cm³/mol. The Balaban J connectivity index is 1.33. The molecule has 1 aliphatic heterocycles. The maximum absolute atomic E-state index is 13.7. The highest BCUT2D eigenvalue weighted by Gasteiger charge is 2.31. The molecular formula is C28H28N6O2. The number of piperidine rings is 1. The number of likely N-dealkylation sites (tertiary alicyclic amines) is 1. The Morgan fingerprint density at radius 1 is 1.08 bits per heavy atom. The third-order valence-electron chi connectivity index (χ3n) is 7.35. The summed E-state index contributed by atoms with van der Waals surface area (Å²) in [6.45, 7) is 2.63. The maximum Gasteiger partial charge on any atom is 0.257 e. The zero-order chi connectivity index (χ0) is 24.6. The molecular weight excluding hydrogens is 452 g/mol. The molecule has 0 radical (unpaired) electrons. The second-order valence-corrected chi connectivity index (χ2v) is 9.42. The topological polar surface area (TPSA) is 86.0 Å². The summed E-state index contributed by atoms with van der Waals surface area (Å²) in [5.41, 5.74) is 6.73. The number of carbonyl (C=O) groups is 1. The zero-order valence-corrected chi connectivity index (χ0v) is 20.5. The van der Waals surface area contributed by atoms with Crippen LogP contribution in [0.5, 0.6) is 5.75 Å². The van der Waals surface area contributed by atoms with Gasteiger partial charge in [-0.25, -0.2) is 14.6 Å². The Morgan fingerprint density at radius 2 is 1.97 bits per heavy atom. The Hall–Kier alpha value is -4.07. The van der Waals surface area contributed by atoms with Crippen molar-refractivity contribution in [1.82, 2.24) is 29.6 Å². The molecule has 36 heavy (non-hydrogen) atoms. The van der Waals surface area contributed by atoms with Gasteiger partial charge in [-0.2, -0.15) is 5.10 Å².